The summed E-state index contributed by atoms with van der Waals surface area (Å²) in [6.07, 6.45) is 1.45. The number of aromatic nitrogens is 2. The molecule has 0 fully saturated rings. The summed E-state index contributed by atoms with van der Waals surface area (Å²) in [6.45, 7) is 6.58. The van der Waals surface area contributed by atoms with Gasteiger partial charge in [-0.3, -0.25) is 4.99 Å². The largest absolute Gasteiger partial charge is 0.370 e. The molecule has 0 aliphatic rings. The van der Waals surface area contributed by atoms with Crippen molar-refractivity contribution in [2.24, 2.45) is 10.7 Å². The fourth-order valence-corrected chi connectivity index (χ4v) is 2.80. The van der Waals surface area contributed by atoms with E-state index in [2.05, 4.69) is 20.4 Å². The van der Waals surface area contributed by atoms with Crippen molar-refractivity contribution in [3.05, 3.63) is 45.5 Å². The molecular formula is C17H24Cl2IN5O. The quantitative estimate of drug-likeness (QED) is 0.243. The van der Waals surface area contributed by atoms with Gasteiger partial charge in [-0.2, -0.15) is 4.98 Å². The summed E-state index contributed by atoms with van der Waals surface area (Å²) in [5, 5.41) is 8.26. The normalized spacial score (nSPS) is 12.8. The summed E-state index contributed by atoms with van der Waals surface area (Å²) in [7, 11) is 0. The fourth-order valence-electron chi connectivity index (χ4n) is 2.23. The molecule has 1 unspecified atom stereocenters. The first kappa shape index (κ1) is 23.0. The Morgan fingerprint density at radius 3 is 2.65 bits per heavy atom. The first-order valence-corrected chi connectivity index (χ1v) is 8.96. The first-order valence-electron chi connectivity index (χ1n) is 8.20. The van der Waals surface area contributed by atoms with Gasteiger partial charge >= 0.3 is 0 Å². The van der Waals surface area contributed by atoms with Crippen LogP contribution in [0.15, 0.2) is 27.7 Å². The Hall–Kier alpha value is -1.06. The highest BCUT2D eigenvalue weighted by molar-refractivity contribution is 14.0. The van der Waals surface area contributed by atoms with E-state index in [1.807, 2.05) is 26.8 Å². The Balaban J connectivity index is 0.00000338. The van der Waals surface area contributed by atoms with Gasteiger partial charge in [0, 0.05) is 28.9 Å². The standard InChI is InChI=1S/C17H23Cl2N5O.HI/c1-10(2)16-23-15(25-24-16)5-4-8-21-17(20)22-11(3)13-7-6-12(18)9-14(13)19;/h6-7,9-11H,4-5,8H2,1-3H3,(H3,20,21,22);1H. The number of nitrogens with two attached hydrogens (primary N) is 1. The Morgan fingerprint density at radius 2 is 2.04 bits per heavy atom. The highest BCUT2D eigenvalue weighted by Crippen LogP contribution is 2.25. The van der Waals surface area contributed by atoms with Crippen molar-refractivity contribution in [2.75, 3.05) is 6.54 Å². The molecule has 0 aliphatic heterocycles. The third kappa shape index (κ3) is 6.92. The van der Waals surface area contributed by atoms with Gasteiger partial charge in [-0.15, -0.1) is 24.0 Å². The number of halogens is 3. The molecule has 0 saturated carbocycles. The van der Waals surface area contributed by atoms with Gasteiger partial charge in [0.25, 0.3) is 0 Å². The summed E-state index contributed by atoms with van der Waals surface area (Å²) < 4.78 is 5.20. The highest BCUT2D eigenvalue weighted by atomic mass is 127. The second kappa shape index (κ2) is 10.9. The number of rotatable bonds is 7. The number of aliphatic imine (C=N–C) groups is 1. The zero-order valence-electron chi connectivity index (χ0n) is 15.0. The van der Waals surface area contributed by atoms with Crippen LogP contribution >= 0.6 is 47.2 Å². The molecule has 0 radical (unpaired) electrons. The SMILES string of the molecule is CC(C)c1noc(CCCN=C(N)NC(C)c2ccc(Cl)cc2Cl)n1.I. The molecule has 3 N–H and O–H groups in total. The Labute approximate surface area is 180 Å². The average molecular weight is 512 g/mol. The minimum atomic E-state index is -0.0712. The van der Waals surface area contributed by atoms with Crippen molar-refractivity contribution in [1.82, 2.24) is 15.5 Å². The molecule has 0 spiro atoms. The van der Waals surface area contributed by atoms with Crippen LogP contribution in [0.4, 0.5) is 0 Å². The lowest BCUT2D eigenvalue weighted by molar-refractivity contribution is 0.369. The maximum absolute atomic E-state index is 6.20. The van der Waals surface area contributed by atoms with Crippen LogP contribution in [0.2, 0.25) is 10.0 Å². The number of hydrogen-bond donors (Lipinski definition) is 2. The first-order chi connectivity index (χ1) is 11.9. The Kier molecular flexibility index (Phi) is 9.67. The second-order valence-corrected chi connectivity index (χ2v) is 6.95. The zero-order chi connectivity index (χ0) is 18.4. The number of nitrogens with one attached hydrogen (secondary N) is 1. The minimum Gasteiger partial charge on any atom is -0.370 e. The van der Waals surface area contributed by atoms with Crippen LogP contribution in [0, 0.1) is 0 Å². The minimum absolute atomic E-state index is 0. The molecule has 6 nitrogen and oxygen atoms in total. The van der Waals surface area contributed by atoms with Crippen molar-refractivity contribution in [3.8, 4) is 0 Å². The van der Waals surface area contributed by atoms with Crippen LogP contribution in [-0.4, -0.2) is 22.6 Å². The van der Waals surface area contributed by atoms with E-state index in [4.69, 9.17) is 33.5 Å². The summed E-state index contributed by atoms with van der Waals surface area (Å²) >= 11 is 12.1. The molecule has 144 valence electrons. The second-order valence-electron chi connectivity index (χ2n) is 6.10. The number of benzene rings is 1. The summed E-state index contributed by atoms with van der Waals surface area (Å²) in [5.41, 5.74) is 6.85. The topological polar surface area (TPSA) is 89.3 Å². The van der Waals surface area contributed by atoms with Crippen LogP contribution in [-0.2, 0) is 6.42 Å². The molecule has 0 bridgehead atoms. The van der Waals surface area contributed by atoms with Gasteiger partial charge in [-0.1, -0.05) is 48.3 Å². The van der Waals surface area contributed by atoms with E-state index in [9.17, 15) is 0 Å². The third-order valence-corrected chi connectivity index (χ3v) is 4.19. The molecule has 1 aromatic carbocycles. The maximum atomic E-state index is 6.20. The molecule has 26 heavy (non-hydrogen) atoms. The van der Waals surface area contributed by atoms with Crippen molar-refractivity contribution >= 4 is 53.1 Å². The Morgan fingerprint density at radius 1 is 1.31 bits per heavy atom. The predicted molar refractivity (Wildman–Crippen MR) is 117 cm³/mol. The van der Waals surface area contributed by atoms with Crippen molar-refractivity contribution in [1.29, 1.82) is 0 Å². The third-order valence-electron chi connectivity index (χ3n) is 3.62. The zero-order valence-corrected chi connectivity index (χ0v) is 18.8. The molecule has 1 atom stereocenters. The van der Waals surface area contributed by atoms with Gasteiger partial charge < -0.3 is 15.6 Å². The van der Waals surface area contributed by atoms with Crippen LogP contribution in [0.3, 0.4) is 0 Å². The van der Waals surface area contributed by atoms with Gasteiger partial charge in [0.1, 0.15) is 0 Å². The highest BCUT2D eigenvalue weighted by Gasteiger charge is 2.11. The molecular weight excluding hydrogens is 488 g/mol. The molecule has 0 amide bonds. The molecule has 0 saturated heterocycles. The smallest absolute Gasteiger partial charge is 0.226 e. The average Bonchev–Trinajstić information content (AvgIpc) is 3.00. The van der Waals surface area contributed by atoms with E-state index in [0.717, 1.165) is 17.8 Å². The summed E-state index contributed by atoms with van der Waals surface area (Å²) in [4.78, 5) is 8.65. The van der Waals surface area contributed by atoms with Gasteiger partial charge in [-0.25, -0.2) is 0 Å². The molecule has 2 aromatic rings. The lowest BCUT2D eigenvalue weighted by atomic mass is 10.1. The van der Waals surface area contributed by atoms with Crippen LogP contribution in [0.5, 0.6) is 0 Å². The van der Waals surface area contributed by atoms with Gasteiger partial charge in [0.05, 0.1) is 6.04 Å². The fraction of sp³-hybridized carbons (Fsp3) is 0.471. The number of aryl methyl sites for hydroxylation is 1. The van der Waals surface area contributed by atoms with E-state index in [-0.39, 0.29) is 35.9 Å². The van der Waals surface area contributed by atoms with Crippen LogP contribution in [0.25, 0.3) is 0 Å². The summed E-state index contributed by atoms with van der Waals surface area (Å²) in [6, 6.07) is 5.31. The molecule has 0 aliphatic carbocycles. The number of guanidine groups is 1. The monoisotopic (exact) mass is 511 g/mol. The molecule has 9 heteroatoms. The Bertz CT molecular complexity index is 736. The molecule has 1 heterocycles. The van der Waals surface area contributed by atoms with Crippen molar-refractivity contribution in [3.63, 3.8) is 0 Å². The predicted octanol–water partition coefficient (Wildman–Crippen LogP) is 4.72. The molecule has 2 rings (SSSR count). The molecule has 1 aromatic heterocycles. The van der Waals surface area contributed by atoms with Crippen LogP contribution in [0.1, 0.15) is 56.4 Å². The van der Waals surface area contributed by atoms with E-state index >= 15 is 0 Å². The number of nitrogens with zero attached hydrogens (tertiary/aromatic N) is 3. The van der Waals surface area contributed by atoms with Gasteiger partial charge in [0.15, 0.2) is 11.8 Å². The van der Waals surface area contributed by atoms with Crippen LogP contribution < -0.4 is 11.1 Å². The number of hydrogen-bond acceptors (Lipinski definition) is 4. The van der Waals surface area contributed by atoms with E-state index < -0.39 is 0 Å². The maximum Gasteiger partial charge on any atom is 0.226 e. The summed E-state index contributed by atoms with van der Waals surface area (Å²) in [5.74, 6) is 1.99. The van der Waals surface area contributed by atoms with E-state index in [1.165, 1.54) is 0 Å². The van der Waals surface area contributed by atoms with E-state index in [1.54, 1.807) is 12.1 Å². The van der Waals surface area contributed by atoms with Crippen molar-refractivity contribution in [2.45, 2.75) is 45.6 Å². The lowest BCUT2D eigenvalue weighted by Crippen LogP contribution is -2.34. The van der Waals surface area contributed by atoms with E-state index in [0.29, 0.717) is 34.9 Å². The van der Waals surface area contributed by atoms with Gasteiger partial charge in [0.2, 0.25) is 5.89 Å². The van der Waals surface area contributed by atoms with Gasteiger partial charge in [-0.05, 0) is 31.0 Å². The lowest BCUT2D eigenvalue weighted by Gasteiger charge is -2.16. The van der Waals surface area contributed by atoms with Crippen molar-refractivity contribution < 1.29 is 4.52 Å².